The Hall–Kier alpha value is -2.06. The number of aliphatic imine (C=N–C) groups is 1. The summed E-state index contributed by atoms with van der Waals surface area (Å²) < 4.78 is 29.5. The molecule has 0 aromatic rings. The van der Waals surface area contributed by atoms with Gasteiger partial charge in [0.1, 0.15) is 6.04 Å². The minimum absolute atomic E-state index is 0.0413. The van der Waals surface area contributed by atoms with Crippen LogP contribution in [0.3, 0.4) is 0 Å². The second-order valence-electron chi connectivity index (χ2n) is 9.32. The normalized spacial score (nSPS) is 34.8. The molecule has 30 heavy (non-hydrogen) atoms. The molecule has 3 rings (SSSR count). The van der Waals surface area contributed by atoms with Crippen LogP contribution in [0.2, 0.25) is 0 Å². The van der Waals surface area contributed by atoms with E-state index in [4.69, 9.17) is 0 Å². The van der Waals surface area contributed by atoms with Crippen LogP contribution in [0.25, 0.3) is 0 Å². The molecule has 4 atom stereocenters. The van der Waals surface area contributed by atoms with Gasteiger partial charge in [-0.15, -0.1) is 0 Å². The predicted molar refractivity (Wildman–Crippen MR) is 108 cm³/mol. The van der Waals surface area contributed by atoms with Crippen molar-refractivity contribution in [2.24, 2.45) is 22.2 Å². The molecule has 3 fully saturated rings. The first-order chi connectivity index (χ1) is 14.1. The molecule has 7 nitrogen and oxygen atoms in total. The topological polar surface area (TPSA) is 90.9 Å². The lowest BCUT2D eigenvalue weighted by Gasteiger charge is -2.34. The fraction of sp³-hybridized carbons (Fsp3) is 0.810. The number of hydrogen-bond donors (Lipinski definition) is 2. The van der Waals surface area contributed by atoms with E-state index >= 15 is 0 Å². The van der Waals surface area contributed by atoms with E-state index in [1.54, 1.807) is 13.3 Å². The average Bonchev–Trinajstić information content (AvgIpc) is 3.08. The Morgan fingerprint density at radius 2 is 1.87 bits per heavy atom. The van der Waals surface area contributed by atoms with Crippen molar-refractivity contribution in [3.8, 4) is 0 Å². The zero-order chi connectivity index (χ0) is 22.1. The number of nitrogens with one attached hydrogen (secondary N) is 2. The lowest BCUT2D eigenvalue weighted by Crippen LogP contribution is -2.55. The van der Waals surface area contributed by atoms with E-state index in [0.29, 0.717) is 19.4 Å². The second-order valence-corrected chi connectivity index (χ2v) is 9.32. The molecular weight excluding hydrogens is 394 g/mol. The fourth-order valence-electron chi connectivity index (χ4n) is 5.00. The molecule has 0 aromatic carbocycles. The number of halogens is 2. The molecule has 0 bridgehead atoms. The molecule has 0 saturated carbocycles. The molecule has 3 aliphatic heterocycles. The van der Waals surface area contributed by atoms with Crippen LogP contribution in [0.4, 0.5) is 8.78 Å². The lowest BCUT2D eigenvalue weighted by atomic mass is 9.80. The number of hydrogen-bond acceptors (Lipinski definition) is 4. The molecule has 3 aliphatic rings. The molecule has 3 heterocycles. The monoisotopic (exact) mass is 426 g/mol. The van der Waals surface area contributed by atoms with Crippen LogP contribution in [-0.4, -0.2) is 67.0 Å². The summed E-state index contributed by atoms with van der Waals surface area (Å²) in [6.07, 6.45) is 5.12. The third-order valence-electron chi connectivity index (χ3n) is 6.95. The van der Waals surface area contributed by atoms with Crippen molar-refractivity contribution in [3.63, 3.8) is 0 Å². The van der Waals surface area contributed by atoms with E-state index in [1.807, 2.05) is 0 Å². The Kier molecular flexibility index (Phi) is 6.48. The Balaban J connectivity index is 1.91. The van der Waals surface area contributed by atoms with Gasteiger partial charge >= 0.3 is 0 Å². The highest BCUT2D eigenvalue weighted by Crippen LogP contribution is 2.48. The highest BCUT2D eigenvalue weighted by Gasteiger charge is 2.64. The summed E-state index contributed by atoms with van der Waals surface area (Å²) in [5, 5.41) is 5.69. The highest BCUT2D eigenvalue weighted by atomic mass is 19.3. The summed E-state index contributed by atoms with van der Waals surface area (Å²) in [6, 6.07) is -1.84. The molecule has 168 valence electrons. The Bertz CT molecular complexity index is 725. The standard InChI is InChI=1S/C21H32F2N4O3/c1-20(2)17-19(30)26-14(11-24-3)9-15-13(10-25-18(15)29)7-5-4-6-8-16(28)27(17)12-21(20,22)23/h11,13-15,17H,4-10,12H2,1-3H3,(H,25,29)(H,26,30)/t13-,14-,15-,17+/m0/s1. The van der Waals surface area contributed by atoms with Gasteiger partial charge in [0.05, 0.1) is 18.0 Å². The fourth-order valence-corrected chi connectivity index (χ4v) is 5.00. The molecule has 9 heteroatoms. The molecule has 0 radical (unpaired) electrons. The lowest BCUT2D eigenvalue weighted by molar-refractivity contribution is -0.141. The van der Waals surface area contributed by atoms with Crippen LogP contribution in [0.5, 0.6) is 0 Å². The van der Waals surface area contributed by atoms with Gasteiger partial charge in [-0.25, -0.2) is 8.78 Å². The van der Waals surface area contributed by atoms with Crippen molar-refractivity contribution in [2.45, 2.75) is 70.4 Å². The quantitative estimate of drug-likeness (QED) is 0.626. The van der Waals surface area contributed by atoms with E-state index in [2.05, 4.69) is 15.6 Å². The van der Waals surface area contributed by atoms with Crippen LogP contribution >= 0.6 is 0 Å². The van der Waals surface area contributed by atoms with Crippen molar-refractivity contribution in [2.75, 3.05) is 20.1 Å². The van der Waals surface area contributed by atoms with Gasteiger partial charge in [0.25, 0.3) is 5.92 Å². The molecule has 2 N–H and O–H groups in total. The number of amides is 3. The largest absolute Gasteiger partial charge is 0.356 e. The molecule has 0 aliphatic carbocycles. The van der Waals surface area contributed by atoms with E-state index in [0.717, 1.165) is 24.2 Å². The zero-order valence-electron chi connectivity index (χ0n) is 17.9. The first kappa shape index (κ1) is 22.6. The van der Waals surface area contributed by atoms with Crippen molar-refractivity contribution in [1.29, 1.82) is 0 Å². The molecule has 0 unspecified atom stereocenters. The number of carbonyl (C=O) groups excluding carboxylic acids is 3. The smallest absolute Gasteiger partial charge is 0.272 e. The maximum Gasteiger partial charge on any atom is 0.272 e. The Labute approximate surface area is 176 Å². The van der Waals surface area contributed by atoms with E-state index in [9.17, 15) is 23.2 Å². The maximum absolute atomic E-state index is 14.7. The molecular formula is C21H32F2N4O3. The minimum atomic E-state index is -3.18. The van der Waals surface area contributed by atoms with E-state index in [1.165, 1.54) is 13.8 Å². The summed E-state index contributed by atoms with van der Waals surface area (Å²) in [7, 11) is 1.56. The molecule has 0 spiro atoms. The van der Waals surface area contributed by atoms with Gasteiger partial charge < -0.3 is 15.5 Å². The number of nitrogens with zero attached hydrogens (tertiary/aromatic N) is 2. The summed E-state index contributed by atoms with van der Waals surface area (Å²) in [5.41, 5.74) is -1.70. The predicted octanol–water partition coefficient (Wildman–Crippen LogP) is 1.76. The molecule has 3 amide bonds. The van der Waals surface area contributed by atoms with Crippen LogP contribution in [0.1, 0.15) is 52.4 Å². The van der Waals surface area contributed by atoms with Gasteiger partial charge in [0.2, 0.25) is 17.7 Å². The van der Waals surface area contributed by atoms with Gasteiger partial charge in [-0.2, -0.15) is 0 Å². The van der Waals surface area contributed by atoms with Gasteiger partial charge in [-0.05, 0) is 25.2 Å². The van der Waals surface area contributed by atoms with Crippen molar-refractivity contribution in [1.82, 2.24) is 15.5 Å². The van der Waals surface area contributed by atoms with E-state index in [-0.39, 0.29) is 24.2 Å². The zero-order valence-corrected chi connectivity index (χ0v) is 17.9. The summed E-state index contributed by atoms with van der Waals surface area (Å²) >= 11 is 0. The molecule has 3 saturated heterocycles. The van der Waals surface area contributed by atoms with Gasteiger partial charge in [0.15, 0.2) is 0 Å². The van der Waals surface area contributed by atoms with E-state index < -0.39 is 41.8 Å². The number of alkyl halides is 2. The summed E-state index contributed by atoms with van der Waals surface area (Å²) in [5.74, 6) is -4.35. The van der Waals surface area contributed by atoms with Crippen molar-refractivity contribution < 1.29 is 23.2 Å². The average molecular weight is 427 g/mol. The van der Waals surface area contributed by atoms with Crippen LogP contribution in [0, 0.1) is 17.3 Å². The van der Waals surface area contributed by atoms with Crippen molar-refractivity contribution >= 4 is 23.9 Å². The van der Waals surface area contributed by atoms with Crippen molar-refractivity contribution in [3.05, 3.63) is 0 Å². The first-order valence-corrected chi connectivity index (χ1v) is 10.8. The third kappa shape index (κ3) is 4.21. The first-order valence-electron chi connectivity index (χ1n) is 10.8. The number of rotatable bonds is 1. The number of carbonyl (C=O) groups is 3. The number of fused-ring (bicyclic) bond motifs is 2. The van der Waals surface area contributed by atoms with Crippen LogP contribution in [0.15, 0.2) is 4.99 Å². The highest BCUT2D eigenvalue weighted by molar-refractivity contribution is 5.91. The summed E-state index contributed by atoms with van der Waals surface area (Å²) in [6.45, 7) is 2.51. The third-order valence-corrected chi connectivity index (χ3v) is 6.95. The summed E-state index contributed by atoms with van der Waals surface area (Å²) in [4.78, 5) is 43.3. The Morgan fingerprint density at radius 3 is 2.57 bits per heavy atom. The van der Waals surface area contributed by atoms with Gasteiger partial charge in [-0.1, -0.05) is 26.7 Å². The van der Waals surface area contributed by atoms with Gasteiger partial charge in [0, 0.05) is 32.1 Å². The van der Waals surface area contributed by atoms with Crippen LogP contribution < -0.4 is 10.6 Å². The minimum Gasteiger partial charge on any atom is -0.356 e. The molecule has 0 aromatic heterocycles. The second kappa shape index (κ2) is 8.59. The van der Waals surface area contributed by atoms with Gasteiger partial charge in [-0.3, -0.25) is 19.4 Å². The van der Waals surface area contributed by atoms with Crippen LogP contribution in [-0.2, 0) is 14.4 Å². The SMILES string of the molecule is CN=C[C@@H]1C[C@@H]2C(=O)NC[C@@H]2CCCCCC(=O)N2CC(F)(F)C(C)(C)[C@H]2C(=O)N1. The Morgan fingerprint density at radius 1 is 1.13 bits per heavy atom. The maximum atomic E-state index is 14.7.